The molecule has 1 saturated carbocycles. The Hall–Kier alpha value is -0.458. The van der Waals surface area contributed by atoms with Crippen molar-refractivity contribution >= 4 is 37.1 Å². The van der Waals surface area contributed by atoms with Crippen LogP contribution in [-0.2, 0) is 13.4 Å². The minimum absolute atomic E-state index is 0.181. The molecular weight excluding hydrogens is 331 g/mol. The van der Waals surface area contributed by atoms with Gasteiger partial charge in [-0.1, -0.05) is 43.5 Å². The molecule has 0 bridgehead atoms. The van der Waals surface area contributed by atoms with Gasteiger partial charge in [0.05, 0.1) is 0 Å². The number of halogens is 2. The Kier molecular flexibility index (Phi) is 6.96. The van der Waals surface area contributed by atoms with Gasteiger partial charge in [-0.25, -0.2) is 0 Å². The van der Waals surface area contributed by atoms with Gasteiger partial charge >= 0.3 is 33.5 Å². The molecule has 2 nitrogen and oxygen atoms in total. The molecule has 20 heavy (non-hydrogen) atoms. The van der Waals surface area contributed by atoms with Crippen LogP contribution in [0.2, 0.25) is 0 Å². The Labute approximate surface area is 134 Å². The zero-order chi connectivity index (χ0) is 14.2. The van der Waals surface area contributed by atoms with E-state index in [9.17, 15) is 0 Å². The first-order valence-electron chi connectivity index (χ1n) is 6.78. The molecule has 0 amide bonds. The minimum atomic E-state index is -0.181. The third kappa shape index (κ3) is 4.53. The Balaban J connectivity index is 0.000000452. The van der Waals surface area contributed by atoms with E-state index in [0.29, 0.717) is 6.04 Å². The van der Waals surface area contributed by atoms with Gasteiger partial charge in [0, 0.05) is 12.3 Å². The van der Waals surface area contributed by atoms with Crippen LogP contribution in [-0.4, -0.2) is 12.3 Å². The van der Waals surface area contributed by atoms with Crippen molar-refractivity contribution in [3.63, 3.8) is 0 Å². The SMILES string of the molecule is C(=NC1CCCCC1)c1[n-]cc2ccccc12.[Cl][Cr+][Cl]. The molecule has 1 aromatic heterocycles. The number of benzene rings is 1. The second kappa shape index (κ2) is 8.75. The topological polar surface area (TPSA) is 26.5 Å². The van der Waals surface area contributed by atoms with E-state index in [1.807, 2.05) is 18.5 Å². The Morgan fingerprint density at radius 2 is 1.85 bits per heavy atom. The van der Waals surface area contributed by atoms with Gasteiger partial charge in [0.15, 0.2) is 0 Å². The maximum absolute atomic E-state index is 4.83. The molecule has 0 saturated heterocycles. The third-order valence-electron chi connectivity index (χ3n) is 3.56. The molecule has 1 aromatic carbocycles. The summed E-state index contributed by atoms with van der Waals surface area (Å²) < 4.78 is 0. The van der Waals surface area contributed by atoms with E-state index in [4.69, 9.17) is 20.1 Å². The van der Waals surface area contributed by atoms with E-state index in [-0.39, 0.29) is 13.4 Å². The van der Waals surface area contributed by atoms with Crippen LogP contribution in [0.25, 0.3) is 10.8 Å². The van der Waals surface area contributed by atoms with E-state index >= 15 is 0 Å². The fourth-order valence-electron chi connectivity index (χ4n) is 2.56. The Bertz CT molecular complexity index is 548. The zero-order valence-corrected chi connectivity index (χ0v) is 13.9. The molecule has 5 heteroatoms. The normalized spacial score (nSPS) is 16.1. The third-order valence-corrected chi connectivity index (χ3v) is 3.56. The number of aromatic nitrogens is 1. The van der Waals surface area contributed by atoms with Crippen LogP contribution < -0.4 is 4.98 Å². The van der Waals surface area contributed by atoms with Crippen LogP contribution in [0.5, 0.6) is 0 Å². The molecule has 0 aliphatic heterocycles. The summed E-state index contributed by atoms with van der Waals surface area (Å²) in [6.45, 7) is 0. The second-order valence-corrected chi connectivity index (χ2v) is 6.96. The first-order chi connectivity index (χ1) is 9.85. The quantitative estimate of drug-likeness (QED) is 0.707. The van der Waals surface area contributed by atoms with E-state index in [1.54, 1.807) is 0 Å². The predicted molar refractivity (Wildman–Crippen MR) is 83.4 cm³/mol. The number of aliphatic imine (C=N–C) groups is 1. The molecular formula is C15H17Cl2CrN2. The summed E-state index contributed by atoms with van der Waals surface area (Å²) in [6.07, 6.45) is 10.4. The monoisotopic (exact) mass is 347 g/mol. The molecule has 1 heterocycles. The van der Waals surface area contributed by atoms with Crippen molar-refractivity contribution in [3.8, 4) is 0 Å². The Morgan fingerprint density at radius 1 is 1.15 bits per heavy atom. The van der Waals surface area contributed by atoms with Gasteiger partial charge in [0.25, 0.3) is 0 Å². The van der Waals surface area contributed by atoms with Crippen molar-refractivity contribution in [2.24, 2.45) is 4.99 Å². The predicted octanol–water partition coefficient (Wildman–Crippen LogP) is 4.93. The number of fused-ring (bicyclic) bond motifs is 1. The molecule has 1 fully saturated rings. The van der Waals surface area contributed by atoms with Crippen LogP contribution in [0.1, 0.15) is 37.8 Å². The molecule has 0 N–H and O–H groups in total. The van der Waals surface area contributed by atoms with Crippen molar-refractivity contribution in [2.75, 3.05) is 0 Å². The number of hydrogen-bond donors (Lipinski definition) is 0. The standard InChI is InChI=1S/C15H17N2.2ClH.Cr/c1-2-7-13(8-3-1)16-11-15-14-9-5-4-6-12(14)10-17-15;;;/h4-6,9-11,13H,1-3,7-8H2;2*1H;/q-1;;;+3/p-2. The van der Waals surface area contributed by atoms with Crippen LogP contribution in [0.3, 0.4) is 0 Å². The molecule has 1 aliphatic rings. The molecule has 0 unspecified atom stereocenters. The molecule has 0 spiro atoms. The second-order valence-electron chi connectivity index (χ2n) is 4.86. The van der Waals surface area contributed by atoms with Crippen molar-refractivity contribution in [2.45, 2.75) is 38.1 Å². The molecule has 2 aromatic rings. The van der Waals surface area contributed by atoms with Crippen LogP contribution in [0, 0.1) is 0 Å². The van der Waals surface area contributed by atoms with E-state index < -0.39 is 0 Å². The van der Waals surface area contributed by atoms with Gasteiger partial charge in [0.1, 0.15) is 0 Å². The first kappa shape index (κ1) is 15.9. The van der Waals surface area contributed by atoms with Crippen molar-refractivity contribution in [3.05, 3.63) is 36.2 Å². The number of rotatable bonds is 2. The van der Waals surface area contributed by atoms with E-state index in [2.05, 4.69) is 28.2 Å². The van der Waals surface area contributed by atoms with Gasteiger partial charge < -0.3 is 4.98 Å². The average Bonchev–Trinajstić information content (AvgIpc) is 2.90. The summed E-state index contributed by atoms with van der Waals surface area (Å²) in [5.41, 5.74) is 1.02. The fraction of sp³-hybridized carbons (Fsp3) is 0.400. The fourth-order valence-corrected chi connectivity index (χ4v) is 2.56. The van der Waals surface area contributed by atoms with Crippen LogP contribution in [0.15, 0.2) is 35.5 Å². The van der Waals surface area contributed by atoms with Gasteiger partial charge in [-0.2, -0.15) is 6.20 Å². The average molecular weight is 348 g/mol. The van der Waals surface area contributed by atoms with Gasteiger partial charge in [-0.05, 0) is 23.6 Å². The molecule has 1 aliphatic carbocycles. The van der Waals surface area contributed by atoms with Gasteiger partial charge in [-0.15, -0.1) is 5.69 Å². The molecule has 107 valence electrons. The maximum atomic E-state index is 4.83. The van der Waals surface area contributed by atoms with Gasteiger partial charge in [-0.3, -0.25) is 4.99 Å². The molecule has 3 rings (SSSR count). The summed E-state index contributed by atoms with van der Waals surface area (Å²) in [4.78, 5) is 9.12. The van der Waals surface area contributed by atoms with Crippen LogP contribution in [0.4, 0.5) is 0 Å². The first-order valence-corrected chi connectivity index (χ1v) is 10.3. The van der Waals surface area contributed by atoms with Gasteiger partial charge in [0.2, 0.25) is 0 Å². The summed E-state index contributed by atoms with van der Waals surface area (Å²) in [6, 6.07) is 8.85. The van der Waals surface area contributed by atoms with Crippen molar-refractivity contribution < 1.29 is 13.4 Å². The number of nitrogens with zero attached hydrogens (tertiary/aromatic N) is 2. The molecule has 0 radical (unpaired) electrons. The summed E-state index contributed by atoms with van der Waals surface area (Å²) >= 11 is -0.181. The van der Waals surface area contributed by atoms with Crippen molar-refractivity contribution in [1.82, 2.24) is 4.98 Å². The zero-order valence-electron chi connectivity index (χ0n) is 11.1. The van der Waals surface area contributed by atoms with E-state index in [1.165, 1.54) is 42.9 Å². The van der Waals surface area contributed by atoms with E-state index in [0.717, 1.165) is 5.69 Å². The summed E-state index contributed by atoms with van der Waals surface area (Å²) in [7, 11) is 9.65. The summed E-state index contributed by atoms with van der Waals surface area (Å²) in [5, 5.41) is 2.42. The van der Waals surface area contributed by atoms with Crippen molar-refractivity contribution in [1.29, 1.82) is 0 Å². The summed E-state index contributed by atoms with van der Waals surface area (Å²) in [5.74, 6) is 0. The number of hydrogen-bond acceptors (Lipinski definition) is 1. The van der Waals surface area contributed by atoms with Crippen LogP contribution >= 0.6 is 20.1 Å². The Morgan fingerprint density at radius 3 is 2.60 bits per heavy atom. The molecule has 0 atom stereocenters.